The first kappa shape index (κ1) is 18.7. The lowest BCUT2D eigenvalue weighted by Gasteiger charge is -2.37. The highest BCUT2D eigenvalue weighted by Gasteiger charge is 2.37. The maximum Gasteiger partial charge on any atom is 0.235 e. The summed E-state index contributed by atoms with van der Waals surface area (Å²) in [5, 5.41) is 16.2. The van der Waals surface area contributed by atoms with Crippen molar-refractivity contribution >= 4 is 27.9 Å². The summed E-state index contributed by atoms with van der Waals surface area (Å²) < 4.78 is 1.59. The van der Waals surface area contributed by atoms with Crippen LogP contribution in [0.2, 0.25) is 5.02 Å². The van der Waals surface area contributed by atoms with Crippen LogP contribution in [0.3, 0.4) is 0 Å². The zero-order valence-electron chi connectivity index (χ0n) is 15.9. The summed E-state index contributed by atoms with van der Waals surface area (Å²) in [5.41, 5.74) is 1.13. The van der Waals surface area contributed by atoms with Crippen molar-refractivity contribution in [3.63, 3.8) is 0 Å². The highest BCUT2D eigenvalue weighted by Crippen LogP contribution is 2.36. The van der Waals surface area contributed by atoms with Crippen LogP contribution in [-0.4, -0.2) is 32.8 Å². The van der Waals surface area contributed by atoms with E-state index >= 15 is 0 Å². The maximum absolute atomic E-state index is 11.0. The van der Waals surface area contributed by atoms with E-state index in [0.29, 0.717) is 11.8 Å². The second-order valence-corrected chi connectivity index (χ2v) is 9.31. The van der Waals surface area contributed by atoms with Crippen LogP contribution < -0.4 is 4.90 Å². The molecule has 7 heteroatoms. The molecule has 1 aromatic carbocycles. The normalized spacial score (nSPS) is 24.4. The number of aryl methyl sites for hydroxylation is 1. The van der Waals surface area contributed by atoms with Gasteiger partial charge in [0.2, 0.25) is 10.8 Å². The quantitative estimate of drug-likeness (QED) is 0.699. The van der Waals surface area contributed by atoms with E-state index < -0.39 is 0 Å². The van der Waals surface area contributed by atoms with Gasteiger partial charge in [0.25, 0.3) is 0 Å². The fourth-order valence-corrected chi connectivity index (χ4v) is 5.81. The molecular formula is C20H26ClN4OS+. The Balaban J connectivity index is 1.82. The van der Waals surface area contributed by atoms with Crippen molar-refractivity contribution in [2.24, 2.45) is 11.8 Å². The van der Waals surface area contributed by atoms with Gasteiger partial charge in [-0.05, 0) is 18.6 Å². The van der Waals surface area contributed by atoms with Gasteiger partial charge in [-0.15, -0.1) is 5.10 Å². The Bertz CT molecular complexity index is 943. The summed E-state index contributed by atoms with van der Waals surface area (Å²) in [6.07, 6.45) is 2.01. The van der Waals surface area contributed by atoms with Crippen molar-refractivity contribution in [1.82, 2.24) is 14.6 Å². The van der Waals surface area contributed by atoms with Crippen LogP contribution in [0.15, 0.2) is 24.3 Å². The van der Waals surface area contributed by atoms with Gasteiger partial charge in [0.15, 0.2) is 11.9 Å². The number of thiazole rings is 1. The Hall–Kier alpha value is -1.63. The molecule has 5 nitrogen and oxygen atoms in total. The number of rotatable bonds is 4. The first-order valence-electron chi connectivity index (χ1n) is 9.63. The van der Waals surface area contributed by atoms with Crippen LogP contribution in [0.25, 0.3) is 4.96 Å². The Kier molecular flexibility index (Phi) is 5.14. The van der Waals surface area contributed by atoms with Crippen LogP contribution in [0.1, 0.15) is 49.5 Å². The summed E-state index contributed by atoms with van der Waals surface area (Å²) in [4.78, 5) is 7.70. The van der Waals surface area contributed by atoms with E-state index in [4.69, 9.17) is 11.6 Å². The van der Waals surface area contributed by atoms with Crippen molar-refractivity contribution in [1.29, 1.82) is 0 Å². The van der Waals surface area contributed by atoms with Crippen LogP contribution >= 0.6 is 22.9 Å². The number of piperidine rings is 1. The summed E-state index contributed by atoms with van der Waals surface area (Å²) in [7, 11) is 0. The molecule has 4 atom stereocenters. The lowest BCUT2D eigenvalue weighted by Crippen LogP contribution is -3.14. The van der Waals surface area contributed by atoms with E-state index in [-0.39, 0.29) is 11.9 Å². The third kappa shape index (κ3) is 3.58. The number of nitrogens with zero attached hydrogens (tertiary/aromatic N) is 3. The topological polar surface area (TPSA) is 54.9 Å². The molecule has 0 amide bonds. The molecule has 0 bridgehead atoms. The lowest BCUT2D eigenvalue weighted by atomic mass is 9.89. The third-order valence-corrected chi connectivity index (χ3v) is 6.76. The minimum atomic E-state index is 0.0347. The molecule has 0 radical (unpaired) electrons. The fourth-order valence-electron chi connectivity index (χ4n) is 4.45. The first-order chi connectivity index (χ1) is 13.0. The van der Waals surface area contributed by atoms with E-state index in [0.717, 1.165) is 45.8 Å². The molecule has 2 N–H and O–H groups in total. The summed E-state index contributed by atoms with van der Waals surface area (Å²) >= 11 is 7.85. The smallest absolute Gasteiger partial charge is 0.235 e. The summed E-state index contributed by atoms with van der Waals surface area (Å²) in [5.74, 6) is 2.28. The van der Waals surface area contributed by atoms with Gasteiger partial charge in [0.05, 0.1) is 13.1 Å². The molecule has 144 valence electrons. The monoisotopic (exact) mass is 405 g/mol. The summed E-state index contributed by atoms with van der Waals surface area (Å²) in [6.45, 7) is 8.82. The van der Waals surface area contributed by atoms with Crippen molar-refractivity contribution in [3.05, 3.63) is 45.6 Å². The largest absolute Gasteiger partial charge is 0.492 e. The van der Waals surface area contributed by atoms with Gasteiger partial charge < -0.3 is 10.0 Å². The Morgan fingerprint density at radius 2 is 2.07 bits per heavy atom. The molecule has 3 aromatic rings. The standard InChI is InChI=1S/C20H25ClN4OS/c1-4-16-22-20-25(23-16)19(26)18(27-20)17(14-6-5-7-15(21)9-14)24-10-12(2)8-13(3)11-24/h5-7,9,12-13,17,26H,4,8,10-11H2,1-3H3/p+1/t12-,13+,17-/m1/s1. The first-order valence-corrected chi connectivity index (χ1v) is 10.8. The highest BCUT2D eigenvalue weighted by molar-refractivity contribution is 7.17. The van der Waals surface area contributed by atoms with Crippen LogP contribution in [0.4, 0.5) is 0 Å². The molecule has 3 heterocycles. The molecule has 27 heavy (non-hydrogen) atoms. The average molecular weight is 406 g/mol. The number of hydrogen-bond acceptors (Lipinski definition) is 4. The van der Waals surface area contributed by atoms with Gasteiger partial charge >= 0.3 is 0 Å². The Morgan fingerprint density at radius 3 is 2.70 bits per heavy atom. The molecule has 0 spiro atoms. The number of aromatic nitrogens is 3. The fraction of sp³-hybridized carbons (Fsp3) is 0.500. The van der Waals surface area contributed by atoms with Gasteiger partial charge in [0, 0.05) is 28.8 Å². The van der Waals surface area contributed by atoms with Gasteiger partial charge in [-0.25, -0.2) is 4.98 Å². The molecule has 4 rings (SSSR count). The highest BCUT2D eigenvalue weighted by atomic mass is 35.5. The van der Waals surface area contributed by atoms with Gasteiger partial charge in [-0.3, -0.25) is 0 Å². The lowest BCUT2D eigenvalue weighted by molar-refractivity contribution is -0.936. The van der Waals surface area contributed by atoms with Crippen molar-refractivity contribution < 1.29 is 10.0 Å². The second-order valence-electron chi connectivity index (χ2n) is 7.87. The zero-order chi connectivity index (χ0) is 19.1. The van der Waals surface area contributed by atoms with Gasteiger partial charge in [0.1, 0.15) is 4.88 Å². The predicted molar refractivity (Wildman–Crippen MR) is 109 cm³/mol. The molecule has 1 aliphatic rings. The average Bonchev–Trinajstić information content (AvgIpc) is 3.14. The van der Waals surface area contributed by atoms with Crippen molar-refractivity contribution in [3.8, 4) is 5.88 Å². The van der Waals surface area contributed by atoms with Gasteiger partial charge in [-0.1, -0.05) is 55.8 Å². The Labute approximate surface area is 168 Å². The second kappa shape index (κ2) is 7.41. The van der Waals surface area contributed by atoms with E-state index in [1.54, 1.807) is 15.9 Å². The number of nitrogens with one attached hydrogen (secondary N) is 1. The van der Waals surface area contributed by atoms with E-state index in [9.17, 15) is 5.11 Å². The van der Waals surface area contributed by atoms with Crippen LogP contribution in [0, 0.1) is 11.8 Å². The molecule has 2 aromatic heterocycles. The number of benzene rings is 1. The van der Waals surface area contributed by atoms with E-state index in [1.807, 2.05) is 25.1 Å². The Morgan fingerprint density at radius 1 is 1.33 bits per heavy atom. The predicted octanol–water partition coefficient (Wildman–Crippen LogP) is 3.36. The molecule has 1 saturated heterocycles. The number of likely N-dealkylation sites (tertiary alicyclic amines) is 1. The van der Waals surface area contributed by atoms with Crippen molar-refractivity contribution in [2.45, 2.75) is 39.7 Å². The number of halogens is 1. The molecular weight excluding hydrogens is 380 g/mol. The zero-order valence-corrected chi connectivity index (χ0v) is 17.5. The SMILES string of the molecule is CCc1nc2sc([C@@H](c3cccc(Cl)c3)[NH+]3C[C@H](C)C[C@H](C)C3)c(O)n2n1. The minimum Gasteiger partial charge on any atom is -0.492 e. The molecule has 1 aliphatic heterocycles. The third-order valence-electron chi connectivity index (χ3n) is 5.44. The number of hydrogen-bond donors (Lipinski definition) is 2. The van der Waals surface area contributed by atoms with Crippen LogP contribution in [0.5, 0.6) is 5.88 Å². The van der Waals surface area contributed by atoms with Crippen molar-refractivity contribution in [2.75, 3.05) is 13.1 Å². The minimum absolute atomic E-state index is 0.0347. The molecule has 0 aliphatic carbocycles. The number of aromatic hydroxyl groups is 1. The maximum atomic E-state index is 11.0. The van der Waals surface area contributed by atoms with E-state index in [1.165, 1.54) is 11.3 Å². The van der Waals surface area contributed by atoms with Crippen LogP contribution in [-0.2, 0) is 6.42 Å². The molecule has 0 saturated carbocycles. The number of fused-ring (bicyclic) bond motifs is 1. The van der Waals surface area contributed by atoms with E-state index in [2.05, 4.69) is 30.0 Å². The summed E-state index contributed by atoms with van der Waals surface area (Å²) in [6, 6.07) is 8.06. The molecule has 1 unspecified atom stereocenters. The number of quaternary nitrogens is 1. The molecule has 1 fully saturated rings. The van der Waals surface area contributed by atoms with Gasteiger partial charge in [-0.2, -0.15) is 4.52 Å².